The molecule has 1 heterocycles. The molecular formula is C12H11N3O6. The highest BCUT2D eigenvalue weighted by Gasteiger charge is 2.39. The zero-order valence-electron chi connectivity index (χ0n) is 10.7. The van der Waals surface area contributed by atoms with E-state index in [0.717, 1.165) is 11.0 Å². The van der Waals surface area contributed by atoms with Crippen LogP contribution in [0.25, 0.3) is 0 Å². The van der Waals surface area contributed by atoms with E-state index in [-0.39, 0.29) is 24.2 Å². The van der Waals surface area contributed by atoms with Crippen molar-refractivity contribution < 1.29 is 24.4 Å². The predicted molar refractivity (Wildman–Crippen MR) is 69.8 cm³/mol. The van der Waals surface area contributed by atoms with E-state index in [4.69, 9.17) is 5.11 Å². The minimum atomic E-state index is -1.08. The average molecular weight is 293 g/mol. The highest BCUT2D eigenvalue weighted by molar-refractivity contribution is 6.21. The van der Waals surface area contributed by atoms with E-state index in [2.05, 4.69) is 5.32 Å². The number of hydrogen-bond acceptors (Lipinski definition) is 5. The lowest BCUT2D eigenvalue weighted by atomic mass is 10.1. The minimum absolute atomic E-state index is 0.0364. The average Bonchev–Trinajstić information content (AvgIpc) is 2.71. The Morgan fingerprint density at radius 1 is 1.43 bits per heavy atom. The fourth-order valence-corrected chi connectivity index (χ4v) is 1.98. The second-order valence-electron chi connectivity index (χ2n) is 4.39. The highest BCUT2D eigenvalue weighted by atomic mass is 16.6. The Kier molecular flexibility index (Phi) is 3.83. The summed E-state index contributed by atoms with van der Waals surface area (Å²) in [6.07, 6.45) is -0.301. The van der Waals surface area contributed by atoms with Crippen LogP contribution in [-0.4, -0.2) is 34.0 Å². The van der Waals surface area contributed by atoms with Crippen LogP contribution < -0.4 is 10.2 Å². The molecule has 1 saturated heterocycles. The number of benzene rings is 1. The number of imide groups is 1. The molecule has 9 nitrogen and oxygen atoms in total. The number of nitrogens with zero attached hydrogens (tertiary/aromatic N) is 2. The summed E-state index contributed by atoms with van der Waals surface area (Å²) in [5, 5.41) is 21.7. The zero-order chi connectivity index (χ0) is 15.6. The first-order valence-corrected chi connectivity index (χ1v) is 6.01. The van der Waals surface area contributed by atoms with Gasteiger partial charge in [0.15, 0.2) is 0 Å². The van der Waals surface area contributed by atoms with Gasteiger partial charge in [0.25, 0.3) is 11.6 Å². The van der Waals surface area contributed by atoms with Crippen LogP contribution in [0.2, 0.25) is 0 Å². The first kappa shape index (κ1) is 14.4. The summed E-state index contributed by atoms with van der Waals surface area (Å²) in [5.41, 5.74) is -0.174. The number of carboxylic acids is 1. The van der Waals surface area contributed by atoms with Crippen molar-refractivity contribution in [3.8, 4) is 0 Å². The van der Waals surface area contributed by atoms with E-state index in [1.54, 1.807) is 0 Å². The number of non-ortho nitro benzene ring substituents is 1. The van der Waals surface area contributed by atoms with Crippen molar-refractivity contribution in [3.05, 3.63) is 34.4 Å². The summed E-state index contributed by atoms with van der Waals surface area (Å²) in [7, 11) is 0. The lowest BCUT2D eigenvalue weighted by Gasteiger charge is -2.12. The largest absolute Gasteiger partial charge is 0.481 e. The van der Waals surface area contributed by atoms with Gasteiger partial charge in [-0.05, 0) is 12.5 Å². The molecular weight excluding hydrogens is 282 g/mol. The molecule has 110 valence electrons. The van der Waals surface area contributed by atoms with Gasteiger partial charge in [-0.1, -0.05) is 6.07 Å². The van der Waals surface area contributed by atoms with Crippen molar-refractivity contribution in [3.63, 3.8) is 0 Å². The summed E-state index contributed by atoms with van der Waals surface area (Å²) in [6.45, 7) is 0. The number of carboxylic acid groups (broad SMARTS) is 1. The van der Waals surface area contributed by atoms with Gasteiger partial charge in [0, 0.05) is 18.6 Å². The summed E-state index contributed by atoms with van der Waals surface area (Å²) < 4.78 is 0. The summed E-state index contributed by atoms with van der Waals surface area (Å²) >= 11 is 0. The normalized spacial score (nSPS) is 17.7. The van der Waals surface area contributed by atoms with Crippen LogP contribution in [-0.2, 0) is 9.59 Å². The second kappa shape index (κ2) is 5.57. The van der Waals surface area contributed by atoms with E-state index in [0.29, 0.717) is 0 Å². The number of urea groups is 1. The lowest BCUT2D eigenvalue weighted by molar-refractivity contribution is -0.384. The Balaban J connectivity index is 2.22. The molecule has 0 bridgehead atoms. The molecule has 0 aliphatic carbocycles. The van der Waals surface area contributed by atoms with Crippen molar-refractivity contribution in [2.45, 2.75) is 18.9 Å². The molecule has 1 aliphatic rings. The van der Waals surface area contributed by atoms with Gasteiger partial charge in [-0.15, -0.1) is 0 Å². The molecule has 0 radical (unpaired) electrons. The van der Waals surface area contributed by atoms with Gasteiger partial charge in [-0.3, -0.25) is 19.7 Å². The monoisotopic (exact) mass is 293 g/mol. The van der Waals surface area contributed by atoms with Crippen molar-refractivity contribution in [2.24, 2.45) is 0 Å². The molecule has 2 rings (SSSR count). The Morgan fingerprint density at radius 3 is 2.76 bits per heavy atom. The topological polar surface area (TPSA) is 130 Å². The van der Waals surface area contributed by atoms with Crippen LogP contribution in [0.5, 0.6) is 0 Å². The third kappa shape index (κ3) is 2.96. The van der Waals surface area contributed by atoms with Crippen LogP contribution in [0.15, 0.2) is 24.3 Å². The Bertz CT molecular complexity index is 629. The number of carbonyl (C=O) groups is 3. The first-order chi connectivity index (χ1) is 9.90. The minimum Gasteiger partial charge on any atom is -0.481 e. The quantitative estimate of drug-likeness (QED) is 0.471. The smallest absolute Gasteiger partial charge is 0.329 e. The van der Waals surface area contributed by atoms with Crippen LogP contribution in [0, 0.1) is 10.1 Å². The van der Waals surface area contributed by atoms with Crippen LogP contribution in [0.3, 0.4) is 0 Å². The first-order valence-electron chi connectivity index (χ1n) is 6.01. The predicted octanol–water partition coefficient (Wildman–Crippen LogP) is 0.884. The van der Waals surface area contributed by atoms with Gasteiger partial charge in [-0.2, -0.15) is 0 Å². The fourth-order valence-electron chi connectivity index (χ4n) is 1.98. The van der Waals surface area contributed by atoms with E-state index in [9.17, 15) is 24.5 Å². The van der Waals surface area contributed by atoms with Crippen LogP contribution >= 0.6 is 0 Å². The number of carbonyl (C=O) groups excluding carboxylic acids is 2. The Morgan fingerprint density at radius 2 is 2.14 bits per heavy atom. The van der Waals surface area contributed by atoms with Crippen LogP contribution in [0.4, 0.5) is 16.2 Å². The number of anilines is 1. The molecule has 21 heavy (non-hydrogen) atoms. The van der Waals surface area contributed by atoms with Gasteiger partial charge in [-0.25, -0.2) is 9.69 Å². The molecule has 1 atom stereocenters. The number of amides is 3. The molecule has 0 spiro atoms. The molecule has 2 N–H and O–H groups in total. The molecule has 1 fully saturated rings. The highest BCUT2D eigenvalue weighted by Crippen LogP contribution is 2.25. The maximum Gasteiger partial charge on any atom is 0.329 e. The van der Waals surface area contributed by atoms with Crippen molar-refractivity contribution >= 4 is 29.3 Å². The van der Waals surface area contributed by atoms with E-state index < -0.39 is 28.9 Å². The van der Waals surface area contributed by atoms with E-state index in [1.807, 2.05) is 0 Å². The number of nitrogens with one attached hydrogen (secondary N) is 1. The third-order valence-electron chi connectivity index (χ3n) is 2.96. The van der Waals surface area contributed by atoms with Gasteiger partial charge < -0.3 is 10.4 Å². The SMILES string of the molecule is O=C(O)CCC1NC(=O)N(c2cccc([N+](=O)[O-])c2)C1=O. The van der Waals surface area contributed by atoms with Gasteiger partial charge >= 0.3 is 12.0 Å². The van der Waals surface area contributed by atoms with Gasteiger partial charge in [0.05, 0.1) is 10.6 Å². The fraction of sp³-hybridized carbons (Fsp3) is 0.250. The standard InChI is InChI=1S/C12H11N3O6/c16-10(17)5-4-9-11(18)14(12(19)13-9)7-2-1-3-8(6-7)15(20)21/h1-3,6,9H,4-5H2,(H,13,19)(H,16,17). The summed E-state index contributed by atoms with van der Waals surface area (Å²) in [6, 6.07) is 3.44. The van der Waals surface area contributed by atoms with Gasteiger partial charge in [0.2, 0.25) is 0 Å². The molecule has 0 aromatic heterocycles. The maximum absolute atomic E-state index is 12.1. The van der Waals surface area contributed by atoms with E-state index >= 15 is 0 Å². The summed E-state index contributed by atoms with van der Waals surface area (Å²) in [4.78, 5) is 45.2. The number of nitro groups is 1. The molecule has 1 aromatic rings. The van der Waals surface area contributed by atoms with Gasteiger partial charge in [0.1, 0.15) is 6.04 Å². The second-order valence-corrected chi connectivity index (χ2v) is 4.39. The van der Waals surface area contributed by atoms with Crippen molar-refractivity contribution in [1.82, 2.24) is 5.32 Å². The molecule has 1 aromatic carbocycles. The number of hydrogen-bond donors (Lipinski definition) is 2. The molecule has 1 aliphatic heterocycles. The Labute approximate surface area is 118 Å². The lowest BCUT2D eigenvalue weighted by Crippen LogP contribution is -2.31. The molecule has 0 saturated carbocycles. The van der Waals surface area contributed by atoms with E-state index in [1.165, 1.54) is 18.2 Å². The number of rotatable bonds is 5. The number of nitro benzene ring substituents is 1. The number of aliphatic carboxylic acids is 1. The third-order valence-corrected chi connectivity index (χ3v) is 2.96. The zero-order valence-corrected chi connectivity index (χ0v) is 10.7. The molecule has 1 unspecified atom stereocenters. The van der Waals surface area contributed by atoms with Crippen molar-refractivity contribution in [2.75, 3.05) is 4.90 Å². The van der Waals surface area contributed by atoms with Crippen molar-refractivity contribution in [1.29, 1.82) is 0 Å². The van der Waals surface area contributed by atoms with Crippen LogP contribution in [0.1, 0.15) is 12.8 Å². The molecule has 3 amide bonds. The Hall–Kier alpha value is -2.97. The summed E-state index contributed by atoms with van der Waals surface area (Å²) in [5.74, 6) is -1.70. The maximum atomic E-state index is 12.1. The molecule has 9 heteroatoms.